The number of halogens is 1. The first kappa shape index (κ1) is 14.1. The highest BCUT2D eigenvalue weighted by atomic mass is 35.5. The molecule has 0 aliphatic rings. The number of hydrogen-bond acceptors (Lipinski definition) is 2. The number of amides is 1. The van der Waals surface area contributed by atoms with Crippen molar-refractivity contribution in [2.75, 3.05) is 5.32 Å². The second-order valence-corrected chi connectivity index (χ2v) is 4.67. The number of carboxylic acid groups (broad SMARTS) is 1. The fourth-order valence-electron chi connectivity index (χ4n) is 1.85. The Labute approximate surface area is 121 Å². The summed E-state index contributed by atoms with van der Waals surface area (Å²) in [7, 11) is 0. The second-order valence-electron chi connectivity index (χ2n) is 4.26. The summed E-state index contributed by atoms with van der Waals surface area (Å²) in [6.45, 7) is 1.42. The first-order chi connectivity index (χ1) is 9.47. The number of carbonyl (C=O) groups excluding carboxylic acids is 1. The van der Waals surface area contributed by atoms with E-state index in [1.165, 1.54) is 19.1 Å². The molecule has 0 unspecified atom stereocenters. The third kappa shape index (κ3) is 3.16. The predicted molar refractivity (Wildman–Crippen MR) is 78.2 cm³/mol. The van der Waals surface area contributed by atoms with Gasteiger partial charge in [0.05, 0.1) is 5.56 Å². The minimum Gasteiger partial charge on any atom is -0.478 e. The number of carboxylic acids is 1. The van der Waals surface area contributed by atoms with Gasteiger partial charge in [0, 0.05) is 23.2 Å². The molecule has 0 aliphatic carbocycles. The van der Waals surface area contributed by atoms with Gasteiger partial charge in [0.25, 0.3) is 0 Å². The van der Waals surface area contributed by atoms with Crippen LogP contribution in [0.4, 0.5) is 5.69 Å². The van der Waals surface area contributed by atoms with Crippen LogP contribution in [0.25, 0.3) is 11.1 Å². The van der Waals surface area contributed by atoms with Crippen LogP contribution in [0.15, 0.2) is 42.5 Å². The number of carbonyl (C=O) groups is 2. The van der Waals surface area contributed by atoms with E-state index in [1.807, 2.05) is 0 Å². The molecular formula is C15H12ClNO3. The van der Waals surface area contributed by atoms with Gasteiger partial charge in [0.1, 0.15) is 0 Å². The molecule has 102 valence electrons. The lowest BCUT2D eigenvalue weighted by molar-refractivity contribution is -0.114. The van der Waals surface area contributed by atoms with E-state index < -0.39 is 5.97 Å². The molecule has 0 saturated carbocycles. The van der Waals surface area contributed by atoms with Gasteiger partial charge in [-0.3, -0.25) is 4.79 Å². The summed E-state index contributed by atoms with van der Waals surface area (Å²) in [4.78, 5) is 22.1. The molecule has 0 saturated heterocycles. The lowest BCUT2D eigenvalue weighted by Crippen LogP contribution is -2.05. The highest BCUT2D eigenvalue weighted by Gasteiger charge is 2.09. The maximum atomic E-state index is 11.1. The normalized spacial score (nSPS) is 10.1. The van der Waals surface area contributed by atoms with Crippen LogP contribution < -0.4 is 5.32 Å². The molecule has 0 fully saturated rings. The number of nitrogens with one attached hydrogen (secondary N) is 1. The highest BCUT2D eigenvalue weighted by molar-refractivity contribution is 6.33. The van der Waals surface area contributed by atoms with Crippen molar-refractivity contribution in [2.45, 2.75) is 6.92 Å². The van der Waals surface area contributed by atoms with Crippen molar-refractivity contribution in [1.82, 2.24) is 0 Å². The molecule has 2 rings (SSSR count). The van der Waals surface area contributed by atoms with E-state index in [0.29, 0.717) is 16.3 Å². The Balaban J connectivity index is 2.47. The minimum absolute atomic E-state index is 0.161. The Kier molecular flexibility index (Phi) is 4.05. The third-order valence-corrected chi connectivity index (χ3v) is 3.04. The van der Waals surface area contributed by atoms with Gasteiger partial charge in [-0.25, -0.2) is 4.79 Å². The fraction of sp³-hybridized carbons (Fsp3) is 0.0667. The lowest BCUT2D eigenvalue weighted by Gasteiger charge is -2.08. The van der Waals surface area contributed by atoms with Crippen LogP contribution in [0.1, 0.15) is 17.3 Å². The Bertz CT molecular complexity index is 683. The van der Waals surface area contributed by atoms with Gasteiger partial charge < -0.3 is 10.4 Å². The number of aromatic carboxylic acids is 1. The molecule has 2 aromatic carbocycles. The van der Waals surface area contributed by atoms with E-state index in [-0.39, 0.29) is 11.5 Å². The summed E-state index contributed by atoms with van der Waals surface area (Å²) >= 11 is 6.11. The monoisotopic (exact) mass is 289 g/mol. The molecule has 5 heteroatoms. The number of benzene rings is 2. The summed E-state index contributed by atoms with van der Waals surface area (Å²) in [6, 6.07) is 11.6. The van der Waals surface area contributed by atoms with Crippen LogP contribution in [0.3, 0.4) is 0 Å². The van der Waals surface area contributed by atoms with Crippen molar-refractivity contribution in [3.05, 3.63) is 53.1 Å². The van der Waals surface area contributed by atoms with Crippen LogP contribution >= 0.6 is 11.6 Å². The molecule has 0 spiro atoms. The van der Waals surface area contributed by atoms with Gasteiger partial charge in [0.2, 0.25) is 5.91 Å². The smallest absolute Gasteiger partial charge is 0.335 e. The molecule has 1 amide bonds. The van der Waals surface area contributed by atoms with Crippen molar-refractivity contribution in [2.24, 2.45) is 0 Å². The Hall–Kier alpha value is -2.33. The molecular weight excluding hydrogens is 278 g/mol. The zero-order valence-corrected chi connectivity index (χ0v) is 11.4. The van der Waals surface area contributed by atoms with Gasteiger partial charge >= 0.3 is 5.97 Å². The maximum Gasteiger partial charge on any atom is 0.335 e. The number of rotatable bonds is 3. The Morgan fingerprint density at radius 1 is 1.15 bits per heavy atom. The van der Waals surface area contributed by atoms with Crippen molar-refractivity contribution in [3.63, 3.8) is 0 Å². The molecule has 2 aromatic rings. The quantitative estimate of drug-likeness (QED) is 0.906. The summed E-state index contributed by atoms with van der Waals surface area (Å²) < 4.78 is 0. The first-order valence-electron chi connectivity index (χ1n) is 5.88. The summed E-state index contributed by atoms with van der Waals surface area (Å²) in [5.41, 5.74) is 2.14. The Morgan fingerprint density at radius 2 is 1.90 bits per heavy atom. The summed E-state index contributed by atoms with van der Waals surface area (Å²) in [5, 5.41) is 12.1. The van der Waals surface area contributed by atoms with E-state index >= 15 is 0 Å². The fourth-order valence-corrected chi connectivity index (χ4v) is 2.07. The minimum atomic E-state index is -1.01. The lowest BCUT2D eigenvalue weighted by atomic mass is 10.0. The number of anilines is 1. The molecule has 0 radical (unpaired) electrons. The van der Waals surface area contributed by atoms with Crippen LogP contribution in [0.5, 0.6) is 0 Å². The average molecular weight is 290 g/mol. The molecule has 0 aliphatic heterocycles. The standard InChI is InChI=1S/C15H12ClNO3/c1-9(18)17-12-4-2-3-10(7-12)13-8-11(15(19)20)5-6-14(13)16/h2-8H,1H3,(H,17,18)(H,19,20). The largest absolute Gasteiger partial charge is 0.478 e. The summed E-state index contributed by atoms with van der Waals surface area (Å²) in [6.07, 6.45) is 0. The van der Waals surface area contributed by atoms with Gasteiger partial charge in [-0.05, 0) is 35.9 Å². The van der Waals surface area contributed by atoms with Crippen molar-refractivity contribution >= 4 is 29.2 Å². The Morgan fingerprint density at radius 3 is 2.55 bits per heavy atom. The molecule has 0 aromatic heterocycles. The molecule has 20 heavy (non-hydrogen) atoms. The van der Waals surface area contributed by atoms with Gasteiger partial charge in [0.15, 0.2) is 0 Å². The van der Waals surface area contributed by atoms with Crippen LogP contribution in [0, 0.1) is 0 Å². The van der Waals surface area contributed by atoms with E-state index in [1.54, 1.807) is 30.3 Å². The SMILES string of the molecule is CC(=O)Nc1cccc(-c2cc(C(=O)O)ccc2Cl)c1. The zero-order valence-electron chi connectivity index (χ0n) is 10.7. The summed E-state index contributed by atoms with van der Waals surface area (Å²) in [5.74, 6) is -1.19. The molecule has 2 N–H and O–H groups in total. The molecule has 0 bridgehead atoms. The van der Waals surface area contributed by atoms with Gasteiger partial charge in [-0.2, -0.15) is 0 Å². The number of hydrogen-bond donors (Lipinski definition) is 2. The van der Waals surface area contributed by atoms with Crippen LogP contribution in [0.2, 0.25) is 5.02 Å². The third-order valence-electron chi connectivity index (χ3n) is 2.71. The highest BCUT2D eigenvalue weighted by Crippen LogP contribution is 2.30. The average Bonchev–Trinajstić information content (AvgIpc) is 2.38. The molecule has 4 nitrogen and oxygen atoms in total. The van der Waals surface area contributed by atoms with E-state index in [2.05, 4.69) is 5.32 Å². The predicted octanol–water partition coefficient (Wildman–Crippen LogP) is 3.66. The van der Waals surface area contributed by atoms with Crippen molar-refractivity contribution in [1.29, 1.82) is 0 Å². The van der Waals surface area contributed by atoms with Crippen molar-refractivity contribution in [3.8, 4) is 11.1 Å². The van der Waals surface area contributed by atoms with Crippen LogP contribution in [-0.4, -0.2) is 17.0 Å². The topological polar surface area (TPSA) is 66.4 Å². The maximum absolute atomic E-state index is 11.1. The van der Waals surface area contributed by atoms with E-state index in [4.69, 9.17) is 16.7 Å². The van der Waals surface area contributed by atoms with Gasteiger partial charge in [-0.15, -0.1) is 0 Å². The first-order valence-corrected chi connectivity index (χ1v) is 6.26. The zero-order chi connectivity index (χ0) is 14.7. The molecule has 0 heterocycles. The second kappa shape index (κ2) is 5.75. The van der Waals surface area contributed by atoms with Crippen molar-refractivity contribution < 1.29 is 14.7 Å². The van der Waals surface area contributed by atoms with E-state index in [9.17, 15) is 9.59 Å². The van der Waals surface area contributed by atoms with Gasteiger partial charge in [-0.1, -0.05) is 23.7 Å². The van der Waals surface area contributed by atoms with Crippen LogP contribution in [-0.2, 0) is 4.79 Å². The van der Waals surface area contributed by atoms with E-state index in [0.717, 1.165) is 5.56 Å². The molecule has 0 atom stereocenters.